The number of rotatable bonds is 10. The zero-order valence-corrected chi connectivity index (χ0v) is 23.8. The molecule has 0 atom stereocenters. The first kappa shape index (κ1) is 28.6. The van der Waals surface area contributed by atoms with Gasteiger partial charge in [-0.2, -0.15) is 9.78 Å². The Labute approximate surface area is 237 Å². The molecule has 2 N–H and O–H groups in total. The van der Waals surface area contributed by atoms with Gasteiger partial charge in [-0.25, -0.2) is 4.98 Å². The van der Waals surface area contributed by atoms with E-state index in [0.29, 0.717) is 34.6 Å². The van der Waals surface area contributed by atoms with Crippen LogP contribution >= 0.6 is 11.6 Å². The lowest BCUT2D eigenvalue weighted by Gasteiger charge is -2.17. The van der Waals surface area contributed by atoms with Gasteiger partial charge in [0.1, 0.15) is 5.75 Å². The van der Waals surface area contributed by atoms with E-state index in [0.717, 1.165) is 22.4 Å². The molecule has 9 nitrogen and oxygen atoms in total. The largest absolute Gasteiger partial charge is 0.496 e. The first-order valence-corrected chi connectivity index (χ1v) is 13.1. The summed E-state index contributed by atoms with van der Waals surface area (Å²) in [5, 5.41) is 5.19. The minimum atomic E-state index is -0.644. The first-order valence-electron chi connectivity index (χ1n) is 12.8. The molecule has 208 valence electrons. The molecule has 1 amide bonds. The molecule has 0 spiro atoms. The molecule has 0 radical (unpaired) electrons. The van der Waals surface area contributed by atoms with Crippen LogP contribution in [0.1, 0.15) is 43.4 Å². The second kappa shape index (κ2) is 12.2. The van der Waals surface area contributed by atoms with Crippen LogP contribution in [0.25, 0.3) is 22.3 Å². The molecule has 1 aromatic heterocycles. The predicted molar refractivity (Wildman–Crippen MR) is 157 cm³/mol. The van der Waals surface area contributed by atoms with E-state index in [1.165, 1.54) is 10.9 Å². The molecule has 0 unspecified atom stereocenters. The van der Waals surface area contributed by atoms with E-state index in [9.17, 15) is 9.59 Å². The van der Waals surface area contributed by atoms with Gasteiger partial charge in [-0.15, -0.1) is 0 Å². The van der Waals surface area contributed by atoms with Crippen molar-refractivity contribution in [2.24, 2.45) is 10.8 Å². The number of hydrogen-bond acceptors (Lipinski definition) is 7. The van der Waals surface area contributed by atoms with Gasteiger partial charge in [-0.05, 0) is 72.9 Å². The smallest absolute Gasteiger partial charge is 0.282 e. The fourth-order valence-electron chi connectivity index (χ4n) is 4.31. The van der Waals surface area contributed by atoms with E-state index in [-0.39, 0.29) is 28.9 Å². The molecule has 4 rings (SSSR count). The minimum Gasteiger partial charge on any atom is -0.496 e. The normalized spacial score (nSPS) is 11.4. The van der Waals surface area contributed by atoms with E-state index in [1.807, 2.05) is 32.0 Å². The van der Waals surface area contributed by atoms with Crippen molar-refractivity contribution in [3.8, 4) is 28.6 Å². The minimum absolute atomic E-state index is 0.174. The SMILES string of the molecule is CCOc1cc(C=Nn2c(-c3cc(C(C)C)c(OC)cc3C)nc3ccccc3c2=O)cc(Cl)c1OCC(N)=O. The second-order valence-electron chi connectivity index (χ2n) is 9.40. The third-order valence-corrected chi connectivity index (χ3v) is 6.49. The number of fused-ring (bicyclic) bond motifs is 1. The van der Waals surface area contributed by atoms with E-state index >= 15 is 0 Å². The molecule has 0 saturated carbocycles. The number of nitrogens with zero attached hydrogens (tertiary/aromatic N) is 3. The Balaban J connectivity index is 1.90. The Bertz CT molecular complexity index is 1660. The highest BCUT2D eigenvalue weighted by atomic mass is 35.5. The Morgan fingerprint density at radius 3 is 2.58 bits per heavy atom. The lowest BCUT2D eigenvalue weighted by Crippen LogP contribution is -2.21. The number of hydrogen-bond donors (Lipinski definition) is 1. The summed E-state index contributed by atoms with van der Waals surface area (Å²) in [4.78, 5) is 29.8. The number of amides is 1. The third-order valence-electron chi connectivity index (χ3n) is 6.21. The van der Waals surface area contributed by atoms with Gasteiger partial charge in [0.15, 0.2) is 23.9 Å². The summed E-state index contributed by atoms with van der Waals surface area (Å²) < 4.78 is 18.0. The lowest BCUT2D eigenvalue weighted by molar-refractivity contribution is -0.119. The van der Waals surface area contributed by atoms with Gasteiger partial charge < -0.3 is 19.9 Å². The topological polar surface area (TPSA) is 118 Å². The van der Waals surface area contributed by atoms with Crippen molar-refractivity contribution < 1.29 is 19.0 Å². The highest BCUT2D eigenvalue weighted by Crippen LogP contribution is 2.37. The molecule has 0 fully saturated rings. The number of aryl methyl sites for hydroxylation is 1. The van der Waals surface area contributed by atoms with Crippen LogP contribution in [-0.4, -0.2) is 42.1 Å². The maximum atomic E-state index is 13.7. The summed E-state index contributed by atoms with van der Waals surface area (Å²) in [5.41, 5.74) is 8.62. The molecular formula is C30H31ClN4O5. The van der Waals surface area contributed by atoms with E-state index in [2.05, 4.69) is 18.9 Å². The van der Waals surface area contributed by atoms with Crippen molar-refractivity contribution in [3.05, 3.63) is 80.6 Å². The van der Waals surface area contributed by atoms with Crippen molar-refractivity contribution in [1.29, 1.82) is 0 Å². The maximum Gasteiger partial charge on any atom is 0.282 e. The third kappa shape index (κ3) is 5.94. The number of carbonyl (C=O) groups excluding carboxylic acids is 1. The Morgan fingerprint density at radius 2 is 1.90 bits per heavy atom. The number of halogens is 1. The Kier molecular flexibility index (Phi) is 8.74. The monoisotopic (exact) mass is 562 g/mol. The Hall–Kier alpha value is -4.37. The molecule has 0 aliphatic rings. The van der Waals surface area contributed by atoms with Gasteiger partial charge in [0.05, 0.1) is 35.9 Å². The molecule has 10 heteroatoms. The highest BCUT2D eigenvalue weighted by Gasteiger charge is 2.19. The summed E-state index contributed by atoms with van der Waals surface area (Å²) in [6.07, 6.45) is 1.50. The Morgan fingerprint density at radius 1 is 1.15 bits per heavy atom. The van der Waals surface area contributed by atoms with Crippen LogP contribution in [0.15, 0.2) is 58.4 Å². The molecule has 40 heavy (non-hydrogen) atoms. The first-order chi connectivity index (χ1) is 19.1. The van der Waals surface area contributed by atoms with Crippen molar-refractivity contribution >= 4 is 34.6 Å². The van der Waals surface area contributed by atoms with Crippen LogP contribution in [0.2, 0.25) is 5.02 Å². The maximum absolute atomic E-state index is 13.7. The average Bonchev–Trinajstić information content (AvgIpc) is 2.91. The van der Waals surface area contributed by atoms with Crippen molar-refractivity contribution in [2.45, 2.75) is 33.6 Å². The van der Waals surface area contributed by atoms with Crippen molar-refractivity contribution in [1.82, 2.24) is 9.66 Å². The predicted octanol–water partition coefficient (Wildman–Crippen LogP) is 5.30. The van der Waals surface area contributed by atoms with E-state index < -0.39 is 5.91 Å². The number of carbonyl (C=O) groups is 1. The molecule has 1 heterocycles. The number of aromatic nitrogens is 2. The van der Waals surface area contributed by atoms with E-state index in [4.69, 9.17) is 36.5 Å². The summed E-state index contributed by atoms with van der Waals surface area (Å²) in [7, 11) is 1.64. The van der Waals surface area contributed by atoms with Gasteiger partial charge in [0.2, 0.25) is 0 Å². The number of nitrogens with two attached hydrogens (primary N) is 1. The van der Waals surface area contributed by atoms with Crippen molar-refractivity contribution in [3.63, 3.8) is 0 Å². The molecule has 0 bridgehead atoms. The summed E-state index contributed by atoms with van der Waals surface area (Å²) in [6, 6.07) is 14.3. The summed E-state index contributed by atoms with van der Waals surface area (Å²) in [5.74, 6) is 1.20. The van der Waals surface area contributed by atoms with Gasteiger partial charge in [-0.1, -0.05) is 37.6 Å². The molecule has 3 aromatic carbocycles. The molecule has 0 saturated heterocycles. The fraction of sp³-hybridized carbons (Fsp3) is 0.267. The summed E-state index contributed by atoms with van der Waals surface area (Å²) in [6.45, 7) is 7.88. The van der Waals surface area contributed by atoms with Crippen LogP contribution in [-0.2, 0) is 4.79 Å². The highest BCUT2D eigenvalue weighted by molar-refractivity contribution is 6.32. The number of para-hydroxylation sites is 1. The quantitative estimate of drug-likeness (QED) is 0.262. The molecule has 4 aromatic rings. The average molecular weight is 563 g/mol. The van der Waals surface area contributed by atoms with Crippen molar-refractivity contribution in [2.75, 3.05) is 20.3 Å². The van der Waals surface area contributed by atoms with Gasteiger partial charge >= 0.3 is 0 Å². The standard InChI is InChI=1S/C30H31ClN4O5/c1-6-39-26-13-19(12-23(31)28(26)40-16-27(32)36)15-33-35-29(34-24-10-8-7-9-20(24)30(35)37)22-14-21(17(2)3)25(38-5)11-18(22)4/h7-15,17H,6,16H2,1-5H3,(H2,32,36). The second-order valence-corrected chi connectivity index (χ2v) is 9.80. The van der Waals surface area contributed by atoms with Crippen LogP contribution in [0.5, 0.6) is 17.2 Å². The number of primary amides is 1. The van der Waals surface area contributed by atoms with Crippen LogP contribution in [0.3, 0.4) is 0 Å². The fourth-order valence-corrected chi connectivity index (χ4v) is 4.58. The molecule has 0 aliphatic carbocycles. The van der Waals surface area contributed by atoms with Crippen LogP contribution < -0.4 is 25.5 Å². The van der Waals surface area contributed by atoms with Crippen LogP contribution in [0, 0.1) is 6.92 Å². The molecular weight excluding hydrogens is 532 g/mol. The zero-order chi connectivity index (χ0) is 29.0. The number of benzene rings is 3. The van der Waals surface area contributed by atoms with Gasteiger partial charge in [-0.3, -0.25) is 9.59 Å². The van der Waals surface area contributed by atoms with E-state index in [1.54, 1.807) is 37.4 Å². The lowest BCUT2D eigenvalue weighted by atomic mass is 9.96. The summed E-state index contributed by atoms with van der Waals surface area (Å²) >= 11 is 6.46. The number of methoxy groups -OCH3 is 1. The molecule has 0 aliphatic heterocycles. The van der Waals surface area contributed by atoms with Gasteiger partial charge in [0.25, 0.3) is 11.5 Å². The number of ether oxygens (including phenoxy) is 3. The zero-order valence-electron chi connectivity index (χ0n) is 23.0. The van der Waals surface area contributed by atoms with Crippen LogP contribution in [0.4, 0.5) is 0 Å². The van der Waals surface area contributed by atoms with Gasteiger partial charge in [0, 0.05) is 5.56 Å².